The molecule has 0 spiro atoms. The number of unbranched alkanes of at least 4 members (excludes halogenated alkanes) is 1. The van der Waals surface area contributed by atoms with Gasteiger partial charge < -0.3 is 20.9 Å². The first-order valence-electron chi connectivity index (χ1n) is 12.0. The molecule has 32 heavy (non-hydrogen) atoms. The molecular formula is C24H35N7O. The zero-order valence-electron chi connectivity index (χ0n) is 19.0. The summed E-state index contributed by atoms with van der Waals surface area (Å²) >= 11 is 0. The van der Waals surface area contributed by atoms with E-state index < -0.39 is 0 Å². The van der Waals surface area contributed by atoms with Gasteiger partial charge in [-0.1, -0.05) is 26.2 Å². The van der Waals surface area contributed by atoms with Crippen LogP contribution >= 0.6 is 0 Å². The number of pyridine rings is 2. The van der Waals surface area contributed by atoms with E-state index >= 15 is 0 Å². The van der Waals surface area contributed by atoms with E-state index in [0.717, 1.165) is 66.4 Å². The number of carbonyl (C=O) groups excluding carboxylic acids is 1. The van der Waals surface area contributed by atoms with Crippen molar-refractivity contribution >= 4 is 28.1 Å². The Balaban J connectivity index is 1.38. The number of fused-ring (bicyclic) bond motifs is 3. The molecule has 2 amide bonds. The normalized spacial score (nSPS) is 15.8. The lowest BCUT2D eigenvalue weighted by Crippen LogP contribution is -2.43. The average molecular weight is 438 g/mol. The molecule has 172 valence electrons. The van der Waals surface area contributed by atoms with E-state index in [1.165, 1.54) is 19.3 Å². The predicted molar refractivity (Wildman–Crippen MR) is 128 cm³/mol. The Kier molecular flexibility index (Phi) is 7.52. The molecule has 8 heteroatoms. The highest BCUT2D eigenvalue weighted by atomic mass is 16.2. The number of nitrogens with zero attached hydrogens (tertiary/aromatic N) is 4. The maximum atomic E-state index is 12.1. The van der Waals surface area contributed by atoms with Crippen molar-refractivity contribution in [1.29, 1.82) is 0 Å². The molecule has 8 nitrogen and oxygen atoms in total. The molecule has 1 aliphatic carbocycles. The van der Waals surface area contributed by atoms with Gasteiger partial charge in [0.05, 0.1) is 23.1 Å². The predicted octanol–water partition coefficient (Wildman–Crippen LogP) is 3.84. The first kappa shape index (κ1) is 22.5. The third-order valence-corrected chi connectivity index (χ3v) is 6.45. The van der Waals surface area contributed by atoms with Gasteiger partial charge >= 0.3 is 6.03 Å². The number of carbonyl (C=O) groups is 1. The summed E-state index contributed by atoms with van der Waals surface area (Å²) in [7, 11) is 0. The summed E-state index contributed by atoms with van der Waals surface area (Å²) in [6, 6.07) is 4.23. The standard InChI is InChI=1S/C24H35N7O/c1-17(11-12-25)20-22-23(21-19(30-20)10-7-14-26-21)31(16-28-22)15-6-5-13-27-24(32)29-18-8-3-2-4-9-18/h7,10,14,16-18H,2-6,8-9,11-13,15,25H2,1H3,(H2,27,29,32). The van der Waals surface area contributed by atoms with Crippen molar-refractivity contribution in [1.82, 2.24) is 30.2 Å². The van der Waals surface area contributed by atoms with E-state index in [-0.39, 0.29) is 11.9 Å². The van der Waals surface area contributed by atoms with Crippen molar-refractivity contribution in [3.8, 4) is 0 Å². The average Bonchev–Trinajstić information content (AvgIpc) is 3.23. The fourth-order valence-electron chi connectivity index (χ4n) is 4.66. The molecule has 1 fully saturated rings. The van der Waals surface area contributed by atoms with Crippen LogP contribution in [-0.2, 0) is 6.54 Å². The highest BCUT2D eigenvalue weighted by molar-refractivity contribution is 6.00. The minimum atomic E-state index is -0.0372. The van der Waals surface area contributed by atoms with Crippen LogP contribution in [0.25, 0.3) is 22.1 Å². The Morgan fingerprint density at radius 2 is 2.06 bits per heavy atom. The molecule has 0 aliphatic heterocycles. The Bertz CT molecular complexity index is 1040. The van der Waals surface area contributed by atoms with Crippen LogP contribution in [0.5, 0.6) is 0 Å². The van der Waals surface area contributed by atoms with Crippen molar-refractivity contribution in [2.45, 2.75) is 76.8 Å². The van der Waals surface area contributed by atoms with Gasteiger partial charge in [-0.15, -0.1) is 0 Å². The van der Waals surface area contributed by atoms with Crippen LogP contribution in [0.15, 0.2) is 24.7 Å². The first-order valence-corrected chi connectivity index (χ1v) is 12.0. The monoisotopic (exact) mass is 437 g/mol. The number of hydrogen-bond acceptors (Lipinski definition) is 5. The minimum absolute atomic E-state index is 0.0372. The number of aryl methyl sites for hydroxylation is 1. The second-order valence-electron chi connectivity index (χ2n) is 8.92. The molecule has 1 aliphatic rings. The van der Waals surface area contributed by atoms with Crippen molar-refractivity contribution in [3.63, 3.8) is 0 Å². The van der Waals surface area contributed by atoms with Gasteiger partial charge in [0, 0.05) is 31.2 Å². The Morgan fingerprint density at radius 3 is 2.88 bits per heavy atom. The highest BCUT2D eigenvalue weighted by Crippen LogP contribution is 2.29. The molecule has 0 radical (unpaired) electrons. The molecule has 0 saturated heterocycles. The molecule has 1 atom stereocenters. The molecular weight excluding hydrogens is 402 g/mol. The number of amides is 2. The van der Waals surface area contributed by atoms with Crippen molar-refractivity contribution in [3.05, 3.63) is 30.4 Å². The number of imidazole rings is 1. The van der Waals surface area contributed by atoms with Gasteiger partial charge in [-0.25, -0.2) is 14.8 Å². The topological polar surface area (TPSA) is 111 Å². The van der Waals surface area contributed by atoms with Gasteiger partial charge in [0.15, 0.2) is 0 Å². The van der Waals surface area contributed by atoms with Crippen molar-refractivity contribution in [2.75, 3.05) is 13.1 Å². The largest absolute Gasteiger partial charge is 0.338 e. The van der Waals surface area contributed by atoms with Crippen LogP contribution < -0.4 is 16.4 Å². The molecule has 0 aromatic carbocycles. The molecule has 4 rings (SSSR count). The maximum absolute atomic E-state index is 12.1. The van der Waals surface area contributed by atoms with Gasteiger partial charge in [-0.05, 0) is 50.8 Å². The number of rotatable bonds is 9. The van der Waals surface area contributed by atoms with Crippen molar-refractivity contribution in [2.24, 2.45) is 5.73 Å². The molecule has 1 saturated carbocycles. The Labute approximate surface area is 189 Å². The summed E-state index contributed by atoms with van der Waals surface area (Å²) in [5.74, 6) is 0.238. The molecule has 4 N–H and O–H groups in total. The third-order valence-electron chi connectivity index (χ3n) is 6.45. The lowest BCUT2D eigenvalue weighted by Gasteiger charge is -2.22. The van der Waals surface area contributed by atoms with E-state index in [0.29, 0.717) is 19.1 Å². The Hall–Kier alpha value is -2.74. The van der Waals surface area contributed by atoms with Crippen molar-refractivity contribution < 1.29 is 4.79 Å². The van der Waals surface area contributed by atoms with Crippen LogP contribution in [0.2, 0.25) is 0 Å². The fourth-order valence-corrected chi connectivity index (χ4v) is 4.66. The van der Waals surface area contributed by atoms with Crippen LogP contribution in [0.4, 0.5) is 4.79 Å². The van der Waals surface area contributed by atoms with E-state index in [1.807, 2.05) is 18.5 Å². The van der Waals surface area contributed by atoms with E-state index in [4.69, 9.17) is 15.7 Å². The van der Waals surface area contributed by atoms with E-state index in [9.17, 15) is 4.79 Å². The van der Waals surface area contributed by atoms with Gasteiger partial charge in [0.2, 0.25) is 0 Å². The van der Waals surface area contributed by atoms with Gasteiger partial charge in [-0.2, -0.15) is 0 Å². The summed E-state index contributed by atoms with van der Waals surface area (Å²) in [6.07, 6.45) is 12.3. The van der Waals surface area contributed by atoms with E-state index in [1.54, 1.807) is 6.20 Å². The number of hydrogen-bond donors (Lipinski definition) is 3. The second kappa shape index (κ2) is 10.7. The van der Waals surface area contributed by atoms with Gasteiger partial charge in [0.1, 0.15) is 11.0 Å². The third kappa shape index (κ3) is 5.18. The summed E-state index contributed by atoms with van der Waals surface area (Å²) in [5.41, 5.74) is 10.5. The number of nitrogens with two attached hydrogens (primary N) is 1. The second-order valence-corrected chi connectivity index (χ2v) is 8.92. The quantitative estimate of drug-likeness (QED) is 0.441. The highest BCUT2D eigenvalue weighted by Gasteiger charge is 2.19. The molecule has 0 bridgehead atoms. The van der Waals surface area contributed by atoms with Gasteiger partial charge in [0.25, 0.3) is 0 Å². The number of urea groups is 1. The van der Waals surface area contributed by atoms with Crippen LogP contribution in [0.3, 0.4) is 0 Å². The van der Waals surface area contributed by atoms with Crippen LogP contribution in [0.1, 0.15) is 69.9 Å². The molecule has 1 unspecified atom stereocenters. The maximum Gasteiger partial charge on any atom is 0.315 e. The van der Waals surface area contributed by atoms with Gasteiger partial charge in [-0.3, -0.25) is 4.98 Å². The fraction of sp³-hybridized carbons (Fsp3) is 0.583. The van der Waals surface area contributed by atoms with Crippen LogP contribution in [0, 0.1) is 0 Å². The Morgan fingerprint density at radius 1 is 1.22 bits per heavy atom. The molecule has 3 heterocycles. The molecule has 3 aromatic heterocycles. The number of aromatic nitrogens is 4. The lowest BCUT2D eigenvalue weighted by atomic mass is 9.96. The van der Waals surface area contributed by atoms with Crippen LogP contribution in [-0.4, -0.2) is 44.7 Å². The van der Waals surface area contributed by atoms with E-state index in [2.05, 4.69) is 27.1 Å². The smallest absolute Gasteiger partial charge is 0.315 e. The lowest BCUT2D eigenvalue weighted by molar-refractivity contribution is 0.232. The zero-order chi connectivity index (χ0) is 22.3. The summed E-state index contributed by atoms with van der Waals surface area (Å²) in [6.45, 7) is 4.27. The summed E-state index contributed by atoms with van der Waals surface area (Å²) < 4.78 is 2.17. The molecule has 3 aromatic rings. The summed E-state index contributed by atoms with van der Waals surface area (Å²) in [4.78, 5) is 26.3. The SMILES string of the molecule is CC(CCN)c1nc2cccnc2c2c1ncn2CCCCNC(=O)NC1CCCCC1. The summed E-state index contributed by atoms with van der Waals surface area (Å²) in [5, 5.41) is 6.11. The zero-order valence-corrected chi connectivity index (χ0v) is 19.0. The minimum Gasteiger partial charge on any atom is -0.338 e. The first-order chi connectivity index (χ1) is 15.7. The number of nitrogens with one attached hydrogen (secondary N) is 2.